The molecule has 0 fully saturated rings. The molecule has 0 saturated heterocycles. The predicted molar refractivity (Wildman–Crippen MR) is 109 cm³/mol. The summed E-state index contributed by atoms with van der Waals surface area (Å²) in [5, 5.41) is 0.189. The van der Waals surface area contributed by atoms with Crippen molar-refractivity contribution in [2.75, 3.05) is 0 Å². The summed E-state index contributed by atoms with van der Waals surface area (Å²) in [7, 11) is -1.87. The summed E-state index contributed by atoms with van der Waals surface area (Å²) in [6, 6.07) is 6.25. The second kappa shape index (κ2) is 6.06. The van der Waals surface area contributed by atoms with E-state index in [4.69, 9.17) is 4.43 Å². The summed E-state index contributed by atoms with van der Waals surface area (Å²) in [5.74, 6) is 0.129. The second-order valence-corrected chi connectivity index (χ2v) is 15.2. The maximum atomic E-state index is 11.9. The van der Waals surface area contributed by atoms with Gasteiger partial charge in [-0.3, -0.25) is 4.79 Å². The third-order valence-corrected chi connectivity index (χ3v) is 11.1. The molecule has 140 valence electrons. The first kappa shape index (κ1) is 20.4. The first-order valence-corrected chi connectivity index (χ1v) is 12.3. The molecule has 1 aromatic rings. The van der Waals surface area contributed by atoms with Crippen molar-refractivity contribution in [2.45, 2.75) is 96.9 Å². The highest BCUT2D eigenvalue weighted by molar-refractivity contribution is 6.74. The molecule has 0 amide bonds. The van der Waals surface area contributed by atoms with Crippen molar-refractivity contribution >= 4 is 14.1 Å². The van der Waals surface area contributed by atoms with Gasteiger partial charge < -0.3 is 4.43 Å². The molecule has 1 aliphatic rings. The van der Waals surface area contributed by atoms with Gasteiger partial charge >= 0.3 is 0 Å². The van der Waals surface area contributed by atoms with E-state index < -0.39 is 8.32 Å². The Hall–Kier alpha value is -0.933. The number of carbonyl (C=O) groups is 1. The van der Waals surface area contributed by atoms with Gasteiger partial charge in [-0.25, -0.2) is 0 Å². The molecule has 1 aliphatic carbocycles. The molecule has 0 N–H and O–H groups in total. The van der Waals surface area contributed by atoms with Crippen molar-refractivity contribution in [3.63, 3.8) is 0 Å². The summed E-state index contributed by atoms with van der Waals surface area (Å²) < 4.78 is 6.91. The minimum Gasteiger partial charge on any atom is -0.413 e. The van der Waals surface area contributed by atoms with Gasteiger partial charge in [-0.1, -0.05) is 60.6 Å². The normalized spacial score (nSPS) is 22.4. The molecular weight excluding hydrogens is 324 g/mol. The zero-order valence-corrected chi connectivity index (χ0v) is 18.8. The molecule has 0 spiro atoms. The first-order chi connectivity index (χ1) is 11.1. The van der Waals surface area contributed by atoms with Gasteiger partial charge in [0.1, 0.15) is 0 Å². The van der Waals surface area contributed by atoms with Crippen molar-refractivity contribution in [3.05, 3.63) is 34.9 Å². The number of rotatable bonds is 3. The highest BCUT2D eigenvalue weighted by Crippen LogP contribution is 2.50. The largest absolute Gasteiger partial charge is 0.413 e. The molecular formula is C22H36O2Si. The third-order valence-electron chi connectivity index (χ3n) is 6.59. The van der Waals surface area contributed by atoms with Gasteiger partial charge in [-0.2, -0.15) is 0 Å². The van der Waals surface area contributed by atoms with E-state index >= 15 is 0 Å². The van der Waals surface area contributed by atoms with E-state index in [-0.39, 0.29) is 27.8 Å². The van der Waals surface area contributed by atoms with Crippen LogP contribution in [0.15, 0.2) is 18.2 Å². The first-order valence-electron chi connectivity index (χ1n) is 9.43. The second-order valence-electron chi connectivity index (χ2n) is 10.5. The van der Waals surface area contributed by atoms with E-state index in [1.807, 2.05) is 6.07 Å². The lowest BCUT2D eigenvalue weighted by atomic mass is 9.61. The minimum atomic E-state index is -1.87. The lowest BCUT2D eigenvalue weighted by molar-refractivity contribution is 0.0675. The third kappa shape index (κ3) is 3.64. The van der Waals surface area contributed by atoms with Crippen molar-refractivity contribution in [3.8, 4) is 0 Å². The van der Waals surface area contributed by atoms with Gasteiger partial charge in [0.15, 0.2) is 14.1 Å². The standard InChI is InChI=1S/C22H36O2Si/c1-15(23)16-11-12-17-18(13-16)22(7,8)19(14-21(17,5)6)24-25(9,10)20(2,3)4/h11-13,19H,14H2,1-10H3. The van der Waals surface area contributed by atoms with Gasteiger partial charge in [-0.15, -0.1) is 0 Å². The summed E-state index contributed by atoms with van der Waals surface area (Å²) in [6.45, 7) is 22.4. The zero-order chi connectivity index (χ0) is 19.4. The van der Waals surface area contributed by atoms with Crippen molar-refractivity contribution in [1.82, 2.24) is 0 Å². The van der Waals surface area contributed by atoms with E-state index in [2.05, 4.69) is 73.7 Å². The molecule has 0 heterocycles. The number of hydrogen-bond acceptors (Lipinski definition) is 2. The lowest BCUT2D eigenvalue weighted by Gasteiger charge is -2.51. The van der Waals surface area contributed by atoms with Crippen LogP contribution in [-0.2, 0) is 15.3 Å². The molecule has 2 rings (SSSR count). The Bertz CT molecular complexity index is 678. The Balaban J connectivity index is 2.54. The summed E-state index contributed by atoms with van der Waals surface area (Å²) >= 11 is 0. The fourth-order valence-corrected chi connectivity index (χ4v) is 5.05. The van der Waals surface area contributed by atoms with Gasteiger partial charge in [0.25, 0.3) is 0 Å². The van der Waals surface area contributed by atoms with Gasteiger partial charge in [0, 0.05) is 11.0 Å². The molecule has 0 aliphatic heterocycles. The smallest absolute Gasteiger partial charge is 0.192 e. The number of carbonyl (C=O) groups excluding carboxylic acids is 1. The maximum absolute atomic E-state index is 11.9. The molecule has 0 radical (unpaired) electrons. The Morgan fingerprint density at radius 2 is 1.68 bits per heavy atom. The summed E-state index contributed by atoms with van der Waals surface area (Å²) in [4.78, 5) is 11.9. The monoisotopic (exact) mass is 360 g/mol. The molecule has 0 saturated carbocycles. The SMILES string of the molecule is CC(=O)c1ccc2c(c1)C(C)(C)C(O[Si](C)(C)C(C)(C)C)CC2(C)C. The highest BCUT2D eigenvalue weighted by Gasteiger charge is 2.49. The quantitative estimate of drug-likeness (QED) is 0.471. The molecule has 3 heteroatoms. The number of ketones is 1. The number of benzene rings is 1. The van der Waals surface area contributed by atoms with Crippen LogP contribution in [0.3, 0.4) is 0 Å². The van der Waals surface area contributed by atoms with E-state index in [9.17, 15) is 4.79 Å². The fourth-order valence-electron chi connectivity index (χ4n) is 3.61. The van der Waals surface area contributed by atoms with Crippen LogP contribution >= 0.6 is 0 Å². The Kier molecular flexibility index (Phi) is 4.94. The molecule has 0 aromatic heterocycles. The Labute approximate surface area is 155 Å². The average Bonchev–Trinajstić information content (AvgIpc) is 2.43. The molecule has 1 aromatic carbocycles. The summed E-state index contributed by atoms with van der Waals surface area (Å²) in [6.07, 6.45) is 1.18. The summed E-state index contributed by atoms with van der Waals surface area (Å²) in [5.41, 5.74) is 3.38. The predicted octanol–water partition coefficient (Wildman–Crippen LogP) is 6.24. The maximum Gasteiger partial charge on any atom is 0.192 e. The van der Waals surface area contributed by atoms with Crippen LogP contribution in [0, 0.1) is 0 Å². The topological polar surface area (TPSA) is 26.3 Å². The lowest BCUT2D eigenvalue weighted by Crippen LogP contribution is -2.53. The van der Waals surface area contributed by atoms with Crippen LogP contribution in [0.2, 0.25) is 18.1 Å². The number of Topliss-reactive ketones (excluding diaryl/α,β-unsaturated/α-hetero) is 1. The van der Waals surface area contributed by atoms with Crippen LogP contribution in [0.5, 0.6) is 0 Å². The molecule has 0 bridgehead atoms. The minimum absolute atomic E-state index is 0.0488. The molecule has 1 unspecified atom stereocenters. The van der Waals surface area contributed by atoms with Gasteiger partial charge in [0.2, 0.25) is 0 Å². The van der Waals surface area contributed by atoms with E-state index in [0.717, 1.165) is 12.0 Å². The van der Waals surface area contributed by atoms with Crippen LogP contribution < -0.4 is 0 Å². The molecule has 1 atom stereocenters. The van der Waals surface area contributed by atoms with Crippen molar-refractivity contribution < 1.29 is 9.22 Å². The Morgan fingerprint density at radius 1 is 1.12 bits per heavy atom. The number of fused-ring (bicyclic) bond motifs is 1. The number of hydrogen-bond donors (Lipinski definition) is 0. The zero-order valence-electron chi connectivity index (χ0n) is 17.8. The van der Waals surface area contributed by atoms with E-state index in [1.165, 1.54) is 11.1 Å². The van der Waals surface area contributed by atoms with Gasteiger partial charge in [-0.05, 0) is 54.1 Å². The fraction of sp³-hybridized carbons (Fsp3) is 0.682. The highest BCUT2D eigenvalue weighted by atomic mass is 28.4. The van der Waals surface area contributed by atoms with Crippen LogP contribution in [0.25, 0.3) is 0 Å². The van der Waals surface area contributed by atoms with Crippen LogP contribution in [-0.4, -0.2) is 20.2 Å². The van der Waals surface area contributed by atoms with Gasteiger partial charge in [0.05, 0.1) is 6.10 Å². The molecule has 25 heavy (non-hydrogen) atoms. The van der Waals surface area contributed by atoms with Crippen LogP contribution in [0.4, 0.5) is 0 Å². The Morgan fingerprint density at radius 3 is 2.16 bits per heavy atom. The van der Waals surface area contributed by atoms with E-state index in [1.54, 1.807) is 6.92 Å². The molecule has 2 nitrogen and oxygen atoms in total. The average molecular weight is 361 g/mol. The van der Waals surface area contributed by atoms with Crippen molar-refractivity contribution in [1.29, 1.82) is 0 Å². The van der Waals surface area contributed by atoms with Crippen LogP contribution in [0.1, 0.15) is 83.3 Å². The van der Waals surface area contributed by atoms with E-state index in [0.29, 0.717) is 0 Å². The van der Waals surface area contributed by atoms with Crippen molar-refractivity contribution in [2.24, 2.45) is 0 Å².